The second kappa shape index (κ2) is 14.1. The smallest absolute Gasteiger partial charge is 0.0661 e. The van der Waals surface area contributed by atoms with Crippen molar-refractivity contribution in [3.05, 3.63) is 218 Å². The Balaban J connectivity index is 1.23. The maximum atomic E-state index is 2.43. The van der Waals surface area contributed by atoms with Gasteiger partial charge in [0.25, 0.3) is 0 Å². The van der Waals surface area contributed by atoms with E-state index in [0.29, 0.717) is 0 Å². The number of hydrogen-bond acceptors (Lipinski definition) is 3. The van der Waals surface area contributed by atoms with E-state index in [0.717, 1.165) is 34.1 Å². The summed E-state index contributed by atoms with van der Waals surface area (Å²) in [6, 6.07) is 78.8. The minimum atomic E-state index is 1.09. The first-order valence-electron chi connectivity index (χ1n) is 18.7. The summed E-state index contributed by atoms with van der Waals surface area (Å²) in [5.74, 6) is 0. The molecule has 0 saturated heterocycles. The van der Waals surface area contributed by atoms with E-state index in [1.807, 2.05) is 11.3 Å². The van der Waals surface area contributed by atoms with E-state index in [9.17, 15) is 0 Å². The Bertz CT molecular complexity index is 2890. The summed E-state index contributed by atoms with van der Waals surface area (Å²) in [6.45, 7) is 0. The van der Waals surface area contributed by atoms with Crippen molar-refractivity contribution in [2.45, 2.75) is 0 Å². The van der Waals surface area contributed by atoms with E-state index in [-0.39, 0.29) is 0 Å². The molecule has 1 aromatic heterocycles. The minimum absolute atomic E-state index is 1.09. The van der Waals surface area contributed by atoms with Gasteiger partial charge in [0.15, 0.2) is 0 Å². The van der Waals surface area contributed by atoms with Crippen molar-refractivity contribution in [2.75, 3.05) is 9.80 Å². The number of nitrogens with zero attached hydrogens (tertiary/aromatic N) is 2. The van der Waals surface area contributed by atoms with Crippen molar-refractivity contribution < 1.29 is 0 Å². The summed E-state index contributed by atoms with van der Waals surface area (Å²) in [5, 5.41) is 5.00. The van der Waals surface area contributed by atoms with Crippen LogP contribution in [0.3, 0.4) is 0 Å². The van der Waals surface area contributed by atoms with Gasteiger partial charge < -0.3 is 9.80 Å². The highest BCUT2D eigenvalue weighted by Gasteiger charge is 2.23. The van der Waals surface area contributed by atoms with E-state index in [1.165, 1.54) is 53.2 Å². The molecule has 0 aliphatic carbocycles. The van der Waals surface area contributed by atoms with Crippen LogP contribution in [0.1, 0.15) is 0 Å². The number of para-hydroxylation sites is 2. The molecule has 55 heavy (non-hydrogen) atoms. The van der Waals surface area contributed by atoms with E-state index in [2.05, 4.69) is 228 Å². The van der Waals surface area contributed by atoms with Crippen LogP contribution >= 0.6 is 11.3 Å². The zero-order chi connectivity index (χ0) is 36.6. The average molecular weight is 721 g/mol. The molecular weight excluding hydrogens is 685 g/mol. The van der Waals surface area contributed by atoms with Gasteiger partial charge in [-0.2, -0.15) is 0 Å². The Kier molecular flexibility index (Phi) is 8.40. The molecule has 0 N–H and O–H groups in total. The van der Waals surface area contributed by atoms with Crippen LogP contribution in [0.15, 0.2) is 218 Å². The third kappa shape index (κ3) is 6.21. The van der Waals surface area contributed by atoms with Gasteiger partial charge in [0, 0.05) is 43.9 Å². The van der Waals surface area contributed by atoms with Crippen molar-refractivity contribution in [1.82, 2.24) is 0 Å². The summed E-state index contributed by atoms with van der Waals surface area (Å²) in [4.78, 5) is 4.82. The lowest BCUT2D eigenvalue weighted by Gasteiger charge is -2.30. The number of fused-ring (bicyclic) bond motifs is 4. The molecule has 0 atom stereocenters. The summed E-state index contributed by atoms with van der Waals surface area (Å²) in [6.07, 6.45) is 0. The highest BCUT2D eigenvalue weighted by atomic mass is 32.1. The van der Waals surface area contributed by atoms with Crippen LogP contribution in [-0.4, -0.2) is 0 Å². The number of rotatable bonds is 8. The SMILES string of the molecule is c1ccc(-c2ccc(N(c3ccccc3)c3cc(N(c4ccccc4)c4ccc(-c5ccccc5)cc4)c4sc5cc6ccccc6cc5c4c3)cc2)cc1. The summed E-state index contributed by atoms with van der Waals surface area (Å²) >= 11 is 1.87. The molecule has 0 bridgehead atoms. The van der Waals surface area contributed by atoms with E-state index in [4.69, 9.17) is 0 Å². The molecule has 0 aliphatic rings. The number of hydrogen-bond donors (Lipinski definition) is 0. The highest BCUT2D eigenvalue weighted by Crippen LogP contribution is 2.49. The molecule has 0 radical (unpaired) electrons. The lowest BCUT2D eigenvalue weighted by molar-refractivity contribution is 1.26. The Labute approximate surface area is 325 Å². The fourth-order valence-corrected chi connectivity index (χ4v) is 8.94. The maximum Gasteiger partial charge on any atom is 0.0661 e. The van der Waals surface area contributed by atoms with Crippen LogP contribution in [0.25, 0.3) is 53.2 Å². The van der Waals surface area contributed by atoms with Crippen LogP contribution in [0.4, 0.5) is 34.1 Å². The molecule has 0 aliphatic heterocycles. The average Bonchev–Trinajstić information content (AvgIpc) is 3.62. The van der Waals surface area contributed by atoms with Crippen LogP contribution in [0.5, 0.6) is 0 Å². The van der Waals surface area contributed by atoms with Gasteiger partial charge in [0.2, 0.25) is 0 Å². The zero-order valence-corrected chi connectivity index (χ0v) is 30.9. The number of benzene rings is 9. The molecule has 2 nitrogen and oxygen atoms in total. The second-order valence-corrected chi connectivity index (χ2v) is 14.9. The van der Waals surface area contributed by atoms with Gasteiger partial charge in [-0.15, -0.1) is 11.3 Å². The minimum Gasteiger partial charge on any atom is -0.310 e. The van der Waals surface area contributed by atoms with E-state index < -0.39 is 0 Å². The molecule has 0 unspecified atom stereocenters. The predicted molar refractivity (Wildman–Crippen MR) is 237 cm³/mol. The van der Waals surface area contributed by atoms with Gasteiger partial charge >= 0.3 is 0 Å². The zero-order valence-electron chi connectivity index (χ0n) is 30.1. The Morgan fingerprint density at radius 2 is 0.709 bits per heavy atom. The largest absolute Gasteiger partial charge is 0.310 e. The molecular formula is C52H36N2S. The van der Waals surface area contributed by atoms with Crippen LogP contribution in [-0.2, 0) is 0 Å². The molecule has 0 spiro atoms. The van der Waals surface area contributed by atoms with Gasteiger partial charge in [-0.05, 0) is 106 Å². The topological polar surface area (TPSA) is 6.48 Å². The van der Waals surface area contributed by atoms with E-state index >= 15 is 0 Å². The van der Waals surface area contributed by atoms with Gasteiger partial charge in [0.1, 0.15) is 0 Å². The van der Waals surface area contributed by atoms with E-state index in [1.54, 1.807) is 0 Å². The van der Waals surface area contributed by atoms with Crippen LogP contribution < -0.4 is 9.80 Å². The van der Waals surface area contributed by atoms with Crippen LogP contribution in [0.2, 0.25) is 0 Å². The predicted octanol–water partition coefficient (Wildman–Crippen LogP) is 15.5. The van der Waals surface area contributed by atoms with Gasteiger partial charge in [0.05, 0.1) is 10.4 Å². The highest BCUT2D eigenvalue weighted by molar-refractivity contribution is 7.26. The summed E-state index contributed by atoms with van der Waals surface area (Å²) in [5.41, 5.74) is 11.4. The third-order valence-electron chi connectivity index (χ3n) is 10.4. The molecule has 1 heterocycles. The monoisotopic (exact) mass is 720 g/mol. The molecule has 260 valence electrons. The lowest BCUT2D eigenvalue weighted by atomic mass is 10.0. The van der Waals surface area contributed by atoms with Gasteiger partial charge in [-0.3, -0.25) is 0 Å². The molecule has 0 saturated carbocycles. The Morgan fingerprint density at radius 1 is 0.291 bits per heavy atom. The maximum absolute atomic E-state index is 2.43. The molecule has 9 aromatic carbocycles. The molecule has 10 aromatic rings. The van der Waals surface area contributed by atoms with Crippen molar-refractivity contribution in [2.24, 2.45) is 0 Å². The molecule has 3 heteroatoms. The van der Waals surface area contributed by atoms with Crippen molar-refractivity contribution in [3.63, 3.8) is 0 Å². The Morgan fingerprint density at radius 3 is 1.25 bits per heavy atom. The first-order chi connectivity index (χ1) is 27.3. The molecule has 10 rings (SSSR count). The third-order valence-corrected chi connectivity index (χ3v) is 11.6. The summed E-state index contributed by atoms with van der Waals surface area (Å²) in [7, 11) is 0. The fourth-order valence-electron chi connectivity index (χ4n) is 7.72. The number of thiophene rings is 1. The lowest BCUT2D eigenvalue weighted by Crippen LogP contribution is -2.13. The first kappa shape index (κ1) is 32.7. The normalized spacial score (nSPS) is 11.3. The van der Waals surface area contributed by atoms with Gasteiger partial charge in [-0.1, -0.05) is 146 Å². The van der Waals surface area contributed by atoms with Gasteiger partial charge in [-0.25, -0.2) is 0 Å². The van der Waals surface area contributed by atoms with Crippen molar-refractivity contribution in [1.29, 1.82) is 0 Å². The Hall–Kier alpha value is -6.94. The molecule has 0 amide bonds. The van der Waals surface area contributed by atoms with Crippen molar-refractivity contribution in [3.8, 4) is 22.3 Å². The summed E-state index contributed by atoms with van der Waals surface area (Å²) < 4.78 is 2.52. The second-order valence-electron chi connectivity index (χ2n) is 13.8. The standard InChI is InChI=1S/C52H36N2S/c1-5-15-37(16-6-1)39-25-29-45(30-26-39)53(43-21-9-3-10-22-43)47-35-49-48-33-41-19-13-14-20-42(41)34-51(48)55-52(49)50(36-47)54(44-23-11-4-12-24-44)46-31-27-40(28-32-46)38-17-7-2-8-18-38/h1-36H. The first-order valence-corrected chi connectivity index (χ1v) is 19.5. The quantitative estimate of drug-likeness (QED) is 0.154. The van der Waals surface area contributed by atoms with Crippen molar-refractivity contribution >= 4 is 76.4 Å². The number of anilines is 6. The molecule has 0 fully saturated rings. The fraction of sp³-hybridized carbons (Fsp3) is 0. The van der Waals surface area contributed by atoms with Crippen LogP contribution in [0, 0.1) is 0 Å².